The highest BCUT2D eigenvalue weighted by Crippen LogP contribution is 2.30. The maximum Gasteiger partial charge on any atom is 0.242 e. The van der Waals surface area contributed by atoms with E-state index in [1.54, 1.807) is 6.92 Å². The molecule has 0 radical (unpaired) electrons. The molecule has 8 heteroatoms. The summed E-state index contributed by atoms with van der Waals surface area (Å²) in [6, 6.07) is 2.23. The van der Waals surface area contributed by atoms with E-state index in [4.69, 9.17) is 23.2 Å². The van der Waals surface area contributed by atoms with E-state index in [-0.39, 0.29) is 5.02 Å². The van der Waals surface area contributed by atoms with Gasteiger partial charge in [0, 0.05) is 0 Å². The summed E-state index contributed by atoms with van der Waals surface area (Å²) in [6.07, 6.45) is 0.358. The average Bonchev–Trinajstić information content (AvgIpc) is 2.35. The second-order valence-electron chi connectivity index (χ2n) is 4.35. The predicted molar refractivity (Wildman–Crippen MR) is 72.5 cm³/mol. The van der Waals surface area contributed by atoms with Gasteiger partial charge in [-0.25, -0.2) is 17.5 Å². The highest BCUT2D eigenvalue weighted by molar-refractivity contribution is 7.89. The van der Waals surface area contributed by atoms with Crippen LogP contribution in [0.15, 0.2) is 17.0 Å². The number of hydrogen-bond acceptors (Lipinski definition) is 3. The van der Waals surface area contributed by atoms with Crippen LogP contribution in [-0.4, -0.2) is 25.7 Å². The Morgan fingerprint density at radius 2 is 2.00 bits per heavy atom. The number of sulfonamides is 1. The van der Waals surface area contributed by atoms with Crippen molar-refractivity contribution in [2.45, 2.75) is 30.7 Å². The quantitative estimate of drug-likeness (QED) is 0.816. The van der Waals surface area contributed by atoms with Crippen LogP contribution >= 0.6 is 23.2 Å². The van der Waals surface area contributed by atoms with Crippen molar-refractivity contribution >= 4 is 33.2 Å². The lowest BCUT2D eigenvalue weighted by molar-refractivity contribution is 0.191. The molecule has 0 saturated carbocycles. The van der Waals surface area contributed by atoms with Gasteiger partial charge >= 0.3 is 0 Å². The molecule has 1 aromatic carbocycles. The van der Waals surface area contributed by atoms with Crippen LogP contribution in [0.3, 0.4) is 0 Å². The van der Waals surface area contributed by atoms with Gasteiger partial charge in [0.05, 0.1) is 22.2 Å². The lowest BCUT2D eigenvalue weighted by Crippen LogP contribution is -2.48. The summed E-state index contributed by atoms with van der Waals surface area (Å²) in [7, 11) is -4.05. The maximum absolute atomic E-state index is 13.5. The number of hydrogen-bond donors (Lipinski definition) is 2. The fourth-order valence-corrected chi connectivity index (χ4v) is 3.53. The second-order valence-corrected chi connectivity index (χ2v) is 6.79. The molecule has 0 aliphatic carbocycles. The van der Waals surface area contributed by atoms with Crippen LogP contribution in [0.25, 0.3) is 0 Å². The maximum atomic E-state index is 13.5. The Hall–Kier alpha value is -0.400. The SMILES string of the molecule is CCC(C)(CO)NS(=O)(=O)c1ccc(Cl)c(F)c1Cl. The standard InChI is InChI=1S/C11H14Cl2FNO3S/c1-3-11(2,6-16)15-19(17,18)8-5-4-7(12)10(14)9(8)13/h4-5,15-16H,3,6H2,1-2H3. The van der Waals surface area contributed by atoms with Crippen LogP contribution < -0.4 is 4.72 Å². The van der Waals surface area contributed by atoms with E-state index in [2.05, 4.69) is 4.72 Å². The van der Waals surface area contributed by atoms with E-state index in [0.717, 1.165) is 12.1 Å². The highest BCUT2D eigenvalue weighted by Gasteiger charge is 2.30. The molecule has 0 spiro atoms. The molecule has 0 fully saturated rings. The van der Waals surface area contributed by atoms with Crippen molar-refractivity contribution in [3.05, 3.63) is 28.0 Å². The van der Waals surface area contributed by atoms with Crippen LogP contribution in [0.4, 0.5) is 4.39 Å². The van der Waals surface area contributed by atoms with Crippen molar-refractivity contribution in [1.29, 1.82) is 0 Å². The number of rotatable bonds is 5. The van der Waals surface area contributed by atoms with E-state index in [1.165, 1.54) is 6.92 Å². The fraction of sp³-hybridized carbons (Fsp3) is 0.455. The first-order valence-corrected chi connectivity index (χ1v) is 7.69. The average molecular weight is 330 g/mol. The van der Waals surface area contributed by atoms with Gasteiger partial charge in [-0.1, -0.05) is 30.1 Å². The number of aliphatic hydroxyl groups is 1. The molecular formula is C11H14Cl2FNO3S. The van der Waals surface area contributed by atoms with Gasteiger partial charge in [-0.15, -0.1) is 0 Å². The fourth-order valence-electron chi connectivity index (χ4n) is 1.31. The van der Waals surface area contributed by atoms with Crippen molar-refractivity contribution in [3.63, 3.8) is 0 Å². The molecule has 0 bridgehead atoms. The molecule has 1 atom stereocenters. The zero-order valence-electron chi connectivity index (χ0n) is 10.4. The van der Waals surface area contributed by atoms with Crippen LogP contribution in [0, 0.1) is 5.82 Å². The minimum atomic E-state index is -4.05. The lowest BCUT2D eigenvalue weighted by Gasteiger charge is -2.27. The van der Waals surface area contributed by atoms with Crippen LogP contribution in [0.5, 0.6) is 0 Å². The van der Waals surface area contributed by atoms with E-state index in [1.807, 2.05) is 0 Å². The van der Waals surface area contributed by atoms with Crippen molar-refractivity contribution in [3.8, 4) is 0 Å². The molecule has 19 heavy (non-hydrogen) atoms. The molecule has 0 aliphatic heterocycles. The molecule has 1 unspecified atom stereocenters. The molecule has 2 N–H and O–H groups in total. The third kappa shape index (κ3) is 3.58. The number of aliphatic hydroxyl groups excluding tert-OH is 1. The Morgan fingerprint density at radius 3 is 2.47 bits per heavy atom. The van der Waals surface area contributed by atoms with E-state index < -0.39 is 37.9 Å². The van der Waals surface area contributed by atoms with Gasteiger partial charge in [-0.3, -0.25) is 0 Å². The topological polar surface area (TPSA) is 66.4 Å². The Balaban J connectivity index is 3.26. The molecule has 0 amide bonds. The van der Waals surface area contributed by atoms with Gasteiger partial charge in [0.25, 0.3) is 0 Å². The first kappa shape index (κ1) is 16.7. The number of nitrogens with one attached hydrogen (secondary N) is 1. The minimum Gasteiger partial charge on any atom is -0.394 e. The van der Waals surface area contributed by atoms with Gasteiger partial charge < -0.3 is 5.11 Å². The van der Waals surface area contributed by atoms with Crippen LogP contribution in [-0.2, 0) is 10.0 Å². The molecule has 1 aromatic rings. The molecule has 1 rings (SSSR count). The molecule has 0 saturated heterocycles. The summed E-state index contributed by atoms with van der Waals surface area (Å²) >= 11 is 11.2. The summed E-state index contributed by atoms with van der Waals surface area (Å²) in [5.41, 5.74) is -1.04. The first-order chi connectivity index (χ1) is 8.67. The first-order valence-electron chi connectivity index (χ1n) is 5.45. The zero-order valence-corrected chi connectivity index (χ0v) is 12.7. The Morgan fingerprint density at radius 1 is 1.42 bits per heavy atom. The van der Waals surface area contributed by atoms with E-state index in [9.17, 15) is 17.9 Å². The Labute approximate surface area is 121 Å². The number of benzene rings is 1. The summed E-state index contributed by atoms with van der Waals surface area (Å²) < 4.78 is 40.1. The molecule has 4 nitrogen and oxygen atoms in total. The second kappa shape index (κ2) is 5.93. The summed E-state index contributed by atoms with van der Waals surface area (Å²) in [5.74, 6) is -0.992. The summed E-state index contributed by atoms with van der Waals surface area (Å²) in [4.78, 5) is -0.413. The molecule has 0 aliphatic rings. The van der Waals surface area contributed by atoms with Crippen LogP contribution in [0.2, 0.25) is 10.0 Å². The molecule has 108 valence electrons. The Bertz CT molecular complexity index is 574. The van der Waals surface area contributed by atoms with E-state index >= 15 is 0 Å². The summed E-state index contributed by atoms with van der Waals surface area (Å²) in [6.45, 7) is 2.85. The minimum absolute atomic E-state index is 0.260. The van der Waals surface area contributed by atoms with Gasteiger partial charge in [-0.05, 0) is 25.5 Å². The molecule has 0 heterocycles. The van der Waals surface area contributed by atoms with Crippen molar-refractivity contribution in [2.24, 2.45) is 0 Å². The van der Waals surface area contributed by atoms with Gasteiger partial charge in [0.15, 0.2) is 5.82 Å². The zero-order chi connectivity index (χ0) is 14.8. The van der Waals surface area contributed by atoms with Crippen molar-refractivity contribution in [1.82, 2.24) is 4.72 Å². The molecule has 0 aromatic heterocycles. The van der Waals surface area contributed by atoms with Crippen molar-refractivity contribution < 1.29 is 17.9 Å². The smallest absolute Gasteiger partial charge is 0.242 e. The van der Waals surface area contributed by atoms with Gasteiger partial charge in [0.1, 0.15) is 4.90 Å². The van der Waals surface area contributed by atoms with Gasteiger partial charge in [0.2, 0.25) is 10.0 Å². The third-order valence-corrected chi connectivity index (χ3v) is 5.25. The Kier molecular flexibility index (Phi) is 5.20. The predicted octanol–water partition coefficient (Wildman–Crippen LogP) is 2.57. The monoisotopic (exact) mass is 329 g/mol. The van der Waals surface area contributed by atoms with E-state index in [0.29, 0.717) is 6.42 Å². The normalized spacial score (nSPS) is 15.3. The summed E-state index contributed by atoms with van der Waals surface area (Å²) in [5, 5.41) is 8.38. The molecular weight excluding hydrogens is 316 g/mol. The largest absolute Gasteiger partial charge is 0.394 e. The van der Waals surface area contributed by atoms with Crippen LogP contribution in [0.1, 0.15) is 20.3 Å². The number of halogens is 3. The third-order valence-electron chi connectivity index (χ3n) is 2.80. The van der Waals surface area contributed by atoms with Gasteiger partial charge in [-0.2, -0.15) is 0 Å². The highest BCUT2D eigenvalue weighted by atomic mass is 35.5. The lowest BCUT2D eigenvalue weighted by atomic mass is 10.0. The van der Waals surface area contributed by atoms with Crippen molar-refractivity contribution in [2.75, 3.05) is 6.61 Å².